The van der Waals surface area contributed by atoms with Crippen molar-refractivity contribution in [2.75, 3.05) is 0 Å². The highest BCUT2D eigenvalue weighted by Crippen LogP contribution is 2.35. The van der Waals surface area contributed by atoms with Crippen LogP contribution in [0.15, 0.2) is 64.7 Å². The molecule has 1 heterocycles. The van der Waals surface area contributed by atoms with Gasteiger partial charge in [0.1, 0.15) is 6.29 Å². The molecule has 1 aliphatic rings. The van der Waals surface area contributed by atoms with E-state index in [4.69, 9.17) is 0 Å². The summed E-state index contributed by atoms with van der Waals surface area (Å²) in [6.45, 7) is 0. The van der Waals surface area contributed by atoms with Crippen LogP contribution in [0.2, 0.25) is 0 Å². The Morgan fingerprint density at radius 2 is 1.77 bits per heavy atom. The first kappa shape index (κ1) is 13.5. The molecular formula is C19H14BrNO. The molecule has 0 amide bonds. The maximum atomic E-state index is 10.9. The van der Waals surface area contributed by atoms with E-state index in [2.05, 4.69) is 69.0 Å². The van der Waals surface area contributed by atoms with E-state index in [0.717, 1.165) is 29.2 Å². The molecule has 0 aliphatic heterocycles. The number of benzene rings is 2. The van der Waals surface area contributed by atoms with Crippen LogP contribution < -0.4 is 0 Å². The van der Waals surface area contributed by atoms with Crippen molar-refractivity contribution in [3.8, 4) is 0 Å². The molecule has 2 aromatic carbocycles. The summed E-state index contributed by atoms with van der Waals surface area (Å²) >= 11 is 3.57. The Morgan fingerprint density at radius 1 is 0.955 bits per heavy atom. The fraction of sp³-hybridized carbons (Fsp3) is 0.105. The van der Waals surface area contributed by atoms with Gasteiger partial charge in [-0.05, 0) is 48.8 Å². The van der Waals surface area contributed by atoms with Gasteiger partial charge in [-0.25, -0.2) is 0 Å². The Bertz CT molecular complexity index is 962. The molecule has 22 heavy (non-hydrogen) atoms. The molecule has 1 aliphatic carbocycles. The highest BCUT2D eigenvalue weighted by molar-refractivity contribution is 9.10. The Kier molecular flexibility index (Phi) is 3.23. The number of aromatic nitrogens is 1. The van der Waals surface area contributed by atoms with Crippen molar-refractivity contribution in [1.82, 2.24) is 4.57 Å². The van der Waals surface area contributed by atoms with Gasteiger partial charge in [-0.15, -0.1) is 0 Å². The third kappa shape index (κ3) is 2.04. The largest absolute Gasteiger partial charge is 0.313 e. The average molecular weight is 352 g/mol. The molecule has 0 saturated carbocycles. The van der Waals surface area contributed by atoms with Crippen LogP contribution in [0.25, 0.3) is 27.5 Å². The summed E-state index contributed by atoms with van der Waals surface area (Å²) in [4.78, 5) is 10.9. The lowest BCUT2D eigenvalue weighted by atomic mass is 10.0. The van der Waals surface area contributed by atoms with Crippen LogP contribution in [0.1, 0.15) is 12.8 Å². The second-order valence-electron chi connectivity index (χ2n) is 5.53. The van der Waals surface area contributed by atoms with E-state index >= 15 is 0 Å². The van der Waals surface area contributed by atoms with E-state index < -0.39 is 0 Å². The first-order valence-electron chi connectivity index (χ1n) is 7.32. The zero-order valence-electron chi connectivity index (χ0n) is 11.9. The molecule has 4 rings (SSSR count). The lowest BCUT2D eigenvalue weighted by molar-refractivity contribution is -0.105. The normalized spacial score (nSPS) is 15.0. The van der Waals surface area contributed by atoms with Gasteiger partial charge in [0.15, 0.2) is 0 Å². The highest BCUT2D eigenvalue weighted by Gasteiger charge is 2.15. The number of carbonyl (C=O) groups is 1. The topological polar surface area (TPSA) is 22.0 Å². The van der Waals surface area contributed by atoms with Gasteiger partial charge >= 0.3 is 0 Å². The van der Waals surface area contributed by atoms with Gasteiger partial charge in [0.25, 0.3) is 0 Å². The molecule has 0 N–H and O–H groups in total. The van der Waals surface area contributed by atoms with Gasteiger partial charge < -0.3 is 4.57 Å². The first-order chi connectivity index (χ1) is 10.8. The molecule has 3 aromatic rings. The lowest BCUT2D eigenvalue weighted by Gasteiger charge is -2.15. The van der Waals surface area contributed by atoms with Crippen molar-refractivity contribution in [1.29, 1.82) is 0 Å². The number of aldehydes is 1. The maximum absolute atomic E-state index is 10.9. The summed E-state index contributed by atoms with van der Waals surface area (Å²) in [7, 11) is 0. The Hall–Kier alpha value is -2.13. The summed E-state index contributed by atoms with van der Waals surface area (Å²) < 4.78 is 3.40. The molecule has 0 bridgehead atoms. The van der Waals surface area contributed by atoms with Gasteiger partial charge in [-0.3, -0.25) is 4.79 Å². The number of halogens is 1. The van der Waals surface area contributed by atoms with Gasteiger partial charge in [-0.2, -0.15) is 0 Å². The van der Waals surface area contributed by atoms with Crippen LogP contribution in [0.4, 0.5) is 0 Å². The minimum absolute atomic E-state index is 0.805. The minimum atomic E-state index is 0.805. The lowest BCUT2D eigenvalue weighted by Crippen LogP contribution is -2.01. The number of hydrogen-bond acceptors (Lipinski definition) is 1. The molecule has 0 unspecified atom stereocenters. The van der Waals surface area contributed by atoms with Crippen molar-refractivity contribution in [2.45, 2.75) is 12.8 Å². The van der Waals surface area contributed by atoms with Gasteiger partial charge in [0, 0.05) is 20.9 Å². The van der Waals surface area contributed by atoms with E-state index in [1.54, 1.807) is 0 Å². The molecule has 0 spiro atoms. The minimum Gasteiger partial charge on any atom is -0.313 e. The molecule has 0 saturated heterocycles. The molecule has 2 nitrogen and oxygen atoms in total. The molecule has 0 radical (unpaired) electrons. The molecular weight excluding hydrogens is 338 g/mol. The van der Waals surface area contributed by atoms with E-state index in [9.17, 15) is 4.79 Å². The molecule has 0 atom stereocenters. The average Bonchev–Trinajstić information content (AvgIpc) is 2.89. The maximum Gasteiger partial charge on any atom is 0.146 e. The fourth-order valence-electron chi connectivity index (χ4n) is 3.18. The predicted molar refractivity (Wildman–Crippen MR) is 94.8 cm³/mol. The van der Waals surface area contributed by atoms with Crippen molar-refractivity contribution in [3.05, 3.63) is 64.7 Å². The number of rotatable bonds is 2. The van der Waals surface area contributed by atoms with E-state index in [-0.39, 0.29) is 0 Å². The third-order valence-corrected chi connectivity index (χ3v) is 4.73. The number of carbonyl (C=O) groups excluding carboxylic acids is 1. The summed E-state index contributed by atoms with van der Waals surface area (Å²) in [6.07, 6.45) is 6.65. The summed E-state index contributed by atoms with van der Waals surface area (Å²) in [6, 6.07) is 14.9. The zero-order valence-corrected chi connectivity index (χ0v) is 13.5. The number of para-hydroxylation sites is 1. The summed E-state index contributed by atoms with van der Waals surface area (Å²) in [5.74, 6) is 0. The van der Waals surface area contributed by atoms with Crippen LogP contribution >= 0.6 is 15.9 Å². The van der Waals surface area contributed by atoms with Crippen LogP contribution in [0, 0.1) is 0 Å². The summed E-state index contributed by atoms with van der Waals surface area (Å²) in [5, 5.41) is 2.50. The summed E-state index contributed by atoms with van der Waals surface area (Å²) in [5.41, 5.74) is 4.52. The standard InChI is InChI=1S/C19H14BrNO/c20-14-7-10-19-17(11-14)16-3-1-2-4-18(16)21(19)15-8-5-13(12-22)6-9-15/h1-5,7-8,10-12H,6,9H2. The van der Waals surface area contributed by atoms with Gasteiger partial charge in [0.05, 0.1) is 11.0 Å². The second kappa shape index (κ2) is 5.25. The number of fused-ring (bicyclic) bond motifs is 3. The SMILES string of the molecule is O=CC1=CC=C(n2c3ccccc3c3cc(Br)ccc32)CC1. The van der Waals surface area contributed by atoms with E-state index in [1.807, 2.05) is 6.08 Å². The highest BCUT2D eigenvalue weighted by atomic mass is 79.9. The fourth-order valence-corrected chi connectivity index (χ4v) is 3.54. The first-order valence-corrected chi connectivity index (χ1v) is 8.11. The van der Waals surface area contributed by atoms with Crippen LogP contribution in [-0.4, -0.2) is 10.9 Å². The van der Waals surface area contributed by atoms with Crippen LogP contribution in [0.5, 0.6) is 0 Å². The van der Waals surface area contributed by atoms with E-state index in [0.29, 0.717) is 0 Å². The zero-order chi connectivity index (χ0) is 15.1. The number of nitrogens with zero attached hydrogens (tertiary/aromatic N) is 1. The smallest absolute Gasteiger partial charge is 0.146 e. The molecule has 3 heteroatoms. The van der Waals surface area contributed by atoms with Crippen molar-refractivity contribution >= 4 is 49.7 Å². The van der Waals surface area contributed by atoms with E-state index in [1.165, 1.54) is 27.5 Å². The molecule has 1 aromatic heterocycles. The van der Waals surface area contributed by atoms with Gasteiger partial charge in [-0.1, -0.05) is 40.2 Å². The monoisotopic (exact) mass is 351 g/mol. The van der Waals surface area contributed by atoms with Crippen molar-refractivity contribution in [3.63, 3.8) is 0 Å². The Morgan fingerprint density at radius 3 is 2.55 bits per heavy atom. The van der Waals surface area contributed by atoms with Crippen LogP contribution in [0.3, 0.4) is 0 Å². The van der Waals surface area contributed by atoms with Crippen molar-refractivity contribution in [2.24, 2.45) is 0 Å². The second-order valence-corrected chi connectivity index (χ2v) is 6.45. The molecule has 0 fully saturated rings. The third-order valence-electron chi connectivity index (χ3n) is 4.23. The number of hydrogen-bond donors (Lipinski definition) is 0. The quantitative estimate of drug-likeness (QED) is 0.573. The van der Waals surface area contributed by atoms with Gasteiger partial charge in [0.2, 0.25) is 0 Å². The Balaban J connectivity index is 2.06. The molecule has 108 valence electrons. The Labute approximate surface area is 136 Å². The van der Waals surface area contributed by atoms with Crippen molar-refractivity contribution < 1.29 is 4.79 Å². The number of allylic oxidation sites excluding steroid dienone is 4. The van der Waals surface area contributed by atoms with Crippen LogP contribution in [-0.2, 0) is 4.79 Å². The predicted octanol–water partition coefficient (Wildman–Crippen LogP) is 5.32.